The van der Waals surface area contributed by atoms with E-state index in [2.05, 4.69) is 5.32 Å². The second-order valence-corrected chi connectivity index (χ2v) is 3.73. The molecule has 2 N–H and O–H groups in total. The van der Waals surface area contributed by atoms with Gasteiger partial charge < -0.3 is 10.4 Å². The van der Waals surface area contributed by atoms with Crippen molar-refractivity contribution in [1.82, 2.24) is 0 Å². The van der Waals surface area contributed by atoms with Crippen LogP contribution in [0, 0.1) is 5.82 Å². The third kappa shape index (κ3) is 2.51. The van der Waals surface area contributed by atoms with Gasteiger partial charge in [0.1, 0.15) is 11.4 Å². The van der Waals surface area contributed by atoms with Crippen LogP contribution in [0.3, 0.4) is 0 Å². The number of aliphatic carboxylic acids is 1. The lowest BCUT2D eigenvalue weighted by molar-refractivity contribution is -0.142. The summed E-state index contributed by atoms with van der Waals surface area (Å²) < 4.78 is 13.0. The van der Waals surface area contributed by atoms with Gasteiger partial charge in [-0.15, -0.1) is 0 Å². The second kappa shape index (κ2) is 4.96. The zero-order chi connectivity index (χ0) is 12.2. The summed E-state index contributed by atoms with van der Waals surface area (Å²) in [5, 5.41) is 12.1. The van der Waals surface area contributed by atoms with Crippen LogP contribution in [0.15, 0.2) is 24.3 Å². The quantitative estimate of drug-likeness (QED) is 0.810. The fourth-order valence-electron chi connectivity index (χ4n) is 1.63. The van der Waals surface area contributed by atoms with Crippen molar-refractivity contribution in [2.75, 3.05) is 5.32 Å². The van der Waals surface area contributed by atoms with Gasteiger partial charge in [0.05, 0.1) is 0 Å². The average molecular weight is 225 g/mol. The molecular formula is C12H16FNO2. The largest absolute Gasteiger partial charge is 0.480 e. The molecule has 0 aliphatic rings. The summed E-state index contributed by atoms with van der Waals surface area (Å²) in [6.45, 7) is 3.59. The van der Waals surface area contributed by atoms with Crippen molar-refractivity contribution in [2.24, 2.45) is 0 Å². The predicted octanol–water partition coefficient (Wildman–Crippen LogP) is 2.88. The zero-order valence-corrected chi connectivity index (χ0v) is 9.46. The van der Waals surface area contributed by atoms with Crippen molar-refractivity contribution >= 4 is 11.7 Å². The monoisotopic (exact) mass is 225 g/mol. The van der Waals surface area contributed by atoms with Gasteiger partial charge in [-0.3, -0.25) is 0 Å². The second-order valence-electron chi connectivity index (χ2n) is 3.73. The molecule has 3 nitrogen and oxygen atoms in total. The molecule has 0 heterocycles. The van der Waals surface area contributed by atoms with Gasteiger partial charge in [-0.05, 0) is 31.0 Å². The maximum absolute atomic E-state index is 13.0. The van der Waals surface area contributed by atoms with E-state index < -0.39 is 11.5 Å². The Labute approximate surface area is 94.3 Å². The summed E-state index contributed by atoms with van der Waals surface area (Å²) in [5.74, 6) is -1.29. The summed E-state index contributed by atoms with van der Waals surface area (Å²) in [5.41, 5.74) is -0.528. The summed E-state index contributed by atoms with van der Waals surface area (Å²) in [6, 6.07) is 5.83. The lowest BCUT2D eigenvalue weighted by atomic mass is 9.92. The van der Waals surface area contributed by atoms with Gasteiger partial charge >= 0.3 is 5.97 Å². The number of carboxylic acids is 1. The van der Waals surface area contributed by atoms with Gasteiger partial charge in [-0.25, -0.2) is 9.18 Å². The first-order valence-electron chi connectivity index (χ1n) is 5.31. The first-order chi connectivity index (χ1) is 7.54. The number of benzene rings is 1. The number of carbonyl (C=O) groups is 1. The van der Waals surface area contributed by atoms with E-state index in [0.29, 0.717) is 18.5 Å². The molecule has 0 atom stereocenters. The van der Waals surface area contributed by atoms with Gasteiger partial charge in [0.15, 0.2) is 0 Å². The highest BCUT2D eigenvalue weighted by atomic mass is 19.1. The maximum Gasteiger partial charge on any atom is 0.329 e. The normalized spacial score (nSPS) is 11.2. The summed E-state index contributed by atoms with van der Waals surface area (Å²) in [7, 11) is 0. The fourth-order valence-corrected chi connectivity index (χ4v) is 1.63. The van der Waals surface area contributed by atoms with E-state index in [9.17, 15) is 14.3 Å². The molecule has 0 amide bonds. The minimum atomic E-state index is -1.02. The third-order valence-corrected chi connectivity index (χ3v) is 2.82. The van der Waals surface area contributed by atoms with E-state index in [1.807, 2.05) is 0 Å². The summed E-state index contributed by atoms with van der Waals surface area (Å²) >= 11 is 0. The van der Waals surface area contributed by atoms with Gasteiger partial charge in [0.2, 0.25) is 0 Å². The Morgan fingerprint density at radius 1 is 1.44 bits per heavy atom. The number of nitrogens with one attached hydrogen (secondary N) is 1. The maximum atomic E-state index is 13.0. The van der Waals surface area contributed by atoms with Crippen LogP contribution in [-0.4, -0.2) is 16.6 Å². The van der Waals surface area contributed by atoms with E-state index in [1.165, 1.54) is 12.1 Å². The molecule has 1 aromatic carbocycles. The third-order valence-electron chi connectivity index (χ3n) is 2.82. The minimum absolute atomic E-state index is 0.378. The zero-order valence-electron chi connectivity index (χ0n) is 9.46. The first kappa shape index (κ1) is 12.5. The highest BCUT2D eigenvalue weighted by Crippen LogP contribution is 2.23. The summed E-state index contributed by atoms with van der Waals surface area (Å²) in [6.07, 6.45) is 0.880. The molecule has 88 valence electrons. The number of hydrogen-bond acceptors (Lipinski definition) is 2. The molecule has 0 saturated heterocycles. The average Bonchev–Trinajstić information content (AvgIpc) is 2.25. The molecule has 0 radical (unpaired) electrons. The molecule has 16 heavy (non-hydrogen) atoms. The van der Waals surface area contributed by atoms with Crippen molar-refractivity contribution in [3.63, 3.8) is 0 Å². The molecule has 1 aromatic rings. The van der Waals surface area contributed by atoms with Crippen LogP contribution in [0.2, 0.25) is 0 Å². The van der Waals surface area contributed by atoms with Crippen LogP contribution in [0.4, 0.5) is 10.1 Å². The van der Waals surface area contributed by atoms with Gasteiger partial charge in [-0.2, -0.15) is 0 Å². The summed E-state index contributed by atoms with van der Waals surface area (Å²) in [4.78, 5) is 11.2. The number of anilines is 1. The van der Waals surface area contributed by atoms with E-state index in [1.54, 1.807) is 26.0 Å². The number of halogens is 1. The molecular weight excluding hydrogens is 209 g/mol. The lowest BCUT2D eigenvalue weighted by Crippen LogP contribution is -2.45. The molecule has 0 spiro atoms. The lowest BCUT2D eigenvalue weighted by Gasteiger charge is -2.29. The standard InChI is InChI=1S/C12H16FNO2/c1-3-12(4-2,11(15)16)14-10-7-5-6-9(13)8-10/h5-8,14H,3-4H2,1-2H3,(H,15,16). The van der Waals surface area contributed by atoms with Crippen LogP contribution < -0.4 is 5.32 Å². The first-order valence-corrected chi connectivity index (χ1v) is 5.31. The number of carboxylic acid groups (broad SMARTS) is 1. The van der Waals surface area contributed by atoms with Crippen molar-refractivity contribution in [3.05, 3.63) is 30.1 Å². The van der Waals surface area contributed by atoms with E-state index in [-0.39, 0.29) is 5.82 Å². The number of rotatable bonds is 5. The predicted molar refractivity (Wildman–Crippen MR) is 61.0 cm³/mol. The molecule has 4 heteroatoms. The van der Waals surface area contributed by atoms with Crippen LogP contribution >= 0.6 is 0 Å². The Balaban J connectivity index is 2.96. The molecule has 0 aliphatic carbocycles. The molecule has 0 aliphatic heterocycles. The van der Waals surface area contributed by atoms with Crippen molar-refractivity contribution < 1.29 is 14.3 Å². The Hall–Kier alpha value is -1.58. The Morgan fingerprint density at radius 3 is 2.50 bits per heavy atom. The molecule has 0 aromatic heterocycles. The van der Waals surface area contributed by atoms with Crippen LogP contribution in [0.5, 0.6) is 0 Å². The van der Waals surface area contributed by atoms with Gasteiger partial charge in [0, 0.05) is 5.69 Å². The molecule has 0 fully saturated rings. The van der Waals surface area contributed by atoms with Gasteiger partial charge in [-0.1, -0.05) is 19.9 Å². The van der Waals surface area contributed by atoms with Crippen LogP contribution in [0.25, 0.3) is 0 Å². The van der Waals surface area contributed by atoms with Crippen molar-refractivity contribution in [1.29, 1.82) is 0 Å². The molecule has 0 saturated carbocycles. The molecule has 0 unspecified atom stereocenters. The van der Waals surface area contributed by atoms with Crippen LogP contribution in [0.1, 0.15) is 26.7 Å². The highest BCUT2D eigenvalue weighted by molar-refractivity contribution is 5.82. The smallest absolute Gasteiger partial charge is 0.329 e. The Morgan fingerprint density at radius 2 is 2.06 bits per heavy atom. The number of hydrogen-bond donors (Lipinski definition) is 2. The fraction of sp³-hybridized carbons (Fsp3) is 0.417. The Bertz CT molecular complexity index is 375. The molecule has 1 rings (SSSR count). The SMILES string of the molecule is CCC(CC)(Nc1cccc(F)c1)C(=O)O. The minimum Gasteiger partial charge on any atom is -0.480 e. The van der Waals surface area contributed by atoms with Gasteiger partial charge in [0.25, 0.3) is 0 Å². The van der Waals surface area contributed by atoms with Crippen molar-refractivity contribution in [2.45, 2.75) is 32.2 Å². The Kier molecular flexibility index (Phi) is 3.88. The van der Waals surface area contributed by atoms with Crippen LogP contribution in [-0.2, 0) is 4.79 Å². The van der Waals surface area contributed by atoms with E-state index >= 15 is 0 Å². The topological polar surface area (TPSA) is 49.3 Å². The highest BCUT2D eigenvalue weighted by Gasteiger charge is 2.34. The molecule has 0 bridgehead atoms. The van der Waals surface area contributed by atoms with E-state index in [0.717, 1.165) is 0 Å². The van der Waals surface area contributed by atoms with E-state index in [4.69, 9.17) is 0 Å². The van der Waals surface area contributed by atoms with Crippen molar-refractivity contribution in [3.8, 4) is 0 Å².